The molecule has 3 N–H and O–H groups in total. The molecule has 1 amide bonds. The maximum atomic E-state index is 12.1. The summed E-state index contributed by atoms with van der Waals surface area (Å²) in [7, 11) is 0. The SMILES string of the molecule is CC(C(=O)NC1CCCCC1)N1CC(O)C(O)C1. The largest absolute Gasteiger partial charge is 0.389 e. The predicted molar refractivity (Wildman–Crippen MR) is 68.1 cm³/mol. The van der Waals surface area contributed by atoms with E-state index >= 15 is 0 Å². The highest BCUT2D eigenvalue weighted by Gasteiger charge is 2.35. The van der Waals surface area contributed by atoms with Crippen LogP contribution in [0, 0.1) is 0 Å². The molecule has 1 saturated heterocycles. The summed E-state index contributed by atoms with van der Waals surface area (Å²) in [5, 5.41) is 22.1. The van der Waals surface area contributed by atoms with Gasteiger partial charge in [0.25, 0.3) is 0 Å². The highest BCUT2D eigenvalue weighted by molar-refractivity contribution is 5.81. The van der Waals surface area contributed by atoms with Crippen molar-refractivity contribution in [2.45, 2.75) is 63.3 Å². The molecule has 0 aromatic heterocycles. The van der Waals surface area contributed by atoms with Gasteiger partial charge in [-0.15, -0.1) is 0 Å². The van der Waals surface area contributed by atoms with E-state index in [0.29, 0.717) is 19.1 Å². The molecule has 3 unspecified atom stereocenters. The summed E-state index contributed by atoms with van der Waals surface area (Å²) >= 11 is 0. The molecule has 18 heavy (non-hydrogen) atoms. The minimum absolute atomic E-state index is 0.0169. The number of nitrogens with one attached hydrogen (secondary N) is 1. The zero-order chi connectivity index (χ0) is 13.1. The Kier molecular flexibility index (Phi) is 4.59. The molecule has 2 fully saturated rings. The number of rotatable bonds is 3. The zero-order valence-corrected chi connectivity index (χ0v) is 11.0. The van der Waals surface area contributed by atoms with Crippen molar-refractivity contribution in [1.29, 1.82) is 0 Å². The first-order valence-corrected chi connectivity index (χ1v) is 6.98. The molecule has 0 radical (unpaired) electrons. The molecular weight excluding hydrogens is 232 g/mol. The van der Waals surface area contributed by atoms with Crippen LogP contribution in [-0.2, 0) is 4.79 Å². The summed E-state index contributed by atoms with van der Waals surface area (Å²) in [6.45, 7) is 2.59. The van der Waals surface area contributed by atoms with Gasteiger partial charge in [-0.25, -0.2) is 0 Å². The summed E-state index contributed by atoms with van der Waals surface area (Å²) in [6.07, 6.45) is 4.35. The van der Waals surface area contributed by atoms with Gasteiger partial charge in [0.05, 0.1) is 18.2 Å². The fourth-order valence-electron chi connectivity index (χ4n) is 2.85. The molecular formula is C13H24N2O3. The summed E-state index contributed by atoms with van der Waals surface area (Å²) in [5.41, 5.74) is 0. The van der Waals surface area contributed by atoms with Crippen molar-refractivity contribution in [3.8, 4) is 0 Å². The van der Waals surface area contributed by atoms with Gasteiger partial charge in [-0.1, -0.05) is 19.3 Å². The van der Waals surface area contributed by atoms with Crippen LogP contribution in [0.4, 0.5) is 0 Å². The maximum absolute atomic E-state index is 12.1. The van der Waals surface area contributed by atoms with Gasteiger partial charge in [0.15, 0.2) is 0 Å². The molecule has 3 atom stereocenters. The molecule has 0 aromatic rings. The second-order valence-electron chi connectivity index (χ2n) is 5.61. The van der Waals surface area contributed by atoms with Crippen molar-refractivity contribution in [2.24, 2.45) is 0 Å². The Morgan fingerprint density at radius 3 is 2.28 bits per heavy atom. The highest BCUT2D eigenvalue weighted by atomic mass is 16.3. The highest BCUT2D eigenvalue weighted by Crippen LogP contribution is 2.18. The zero-order valence-electron chi connectivity index (χ0n) is 11.0. The van der Waals surface area contributed by atoms with Crippen LogP contribution in [-0.4, -0.2) is 58.4 Å². The standard InChI is InChI=1S/C13H24N2O3/c1-9(15-7-11(16)12(17)8-15)13(18)14-10-5-3-2-4-6-10/h9-12,16-17H,2-8H2,1H3,(H,14,18). The smallest absolute Gasteiger partial charge is 0.237 e. The van der Waals surface area contributed by atoms with Gasteiger partial charge in [-0.2, -0.15) is 0 Å². The van der Waals surface area contributed by atoms with Gasteiger partial charge in [0.1, 0.15) is 0 Å². The van der Waals surface area contributed by atoms with Crippen LogP contribution in [0.5, 0.6) is 0 Å². The van der Waals surface area contributed by atoms with E-state index in [2.05, 4.69) is 5.32 Å². The Morgan fingerprint density at radius 2 is 1.72 bits per heavy atom. The van der Waals surface area contributed by atoms with E-state index in [1.54, 1.807) is 0 Å². The van der Waals surface area contributed by atoms with Crippen LogP contribution in [0.3, 0.4) is 0 Å². The van der Waals surface area contributed by atoms with Gasteiger partial charge in [0.2, 0.25) is 5.91 Å². The van der Waals surface area contributed by atoms with Gasteiger partial charge in [-0.3, -0.25) is 9.69 Å². The van der Waals surface area contributed by atoms with E-state index in [0.717, 1.165) is 12.8 Å². The molecule has 1 saturated carbocycles. The first-order chi connectivity index (χ1) is 8.58. The average Bonchev–Trinajstić information content (AvgIpc) is 2.70. The third-order valence-electron chi connectivity index (χ3n) is 4.17. The van der Waals surface area contributed by atoms with Crippen molar-refractivity contribution in [3.63, 3.8) is 0 Å². The molecule has 1 heterocycles. The van der Waals surface area contributed by atoms with Crippen LogP contribution in [0.15, 0.2) is 0 Å². The van der Waals surface area contributed by atoms with E-state index in [4.69, 9.17) is 0 Å². The van der Waals surface area contributed by atoms with E-state index in [1.807, 2.05) is 11.8 Å². The number of aliphatic hydroxyl groups is 2. The van der Waals surface area contributed by atoms with Crippen molar-refractivity contribution < 1.29 is 15.0 Å². The van der Waals surface area contributed by atoms with Crippen LogP contribution < -0.4 is 5.32 Å². The number of hydrogen-bond donors (Lipinski definition) is 3. The molecule has 1 aliphatic heterocycles. The molecule has 0 bridgehead atoms. The fourth-order valence-corrected chi connectivity index (χ4v) is 2.85. The van der Waals surface area contributed by atoms with E-state index < -0.39 is 12.2 Å². The van der Waals surface area contributed by atoms with E-state index in [1.165, 1.54) is 19.3 Å². The lowest BCUT2D eigenvalue weighted by Gasteiger charge is -2.28. The van der Waals surface area contributed by atoms with Crippen LogP contribution in [0.2, 0.25) is 0 Å². The third kappa shape index (κ3) is 3.22. The normalized spacial score (nSPS) is 32.4. The number of nitrogens with zero attached hydrogens (tertiary/aromatic N) is 1. The van der Waals surface area contributed by atoms with Crippen molar-refractivity contribution in [3.05, 3.63) is 0 Å². The van der Waals surface area contributed by atoms with Crippen molar-refractivity contribution >= 4 is 5.91 Å². The lowest BCUT2D eigenvalue weighted by molar-refractivity contribution is -0.126. The van der Waals surface area contributed by atoms with Gasteiger partial charge >= 0.3 is 0 Å². The summed E-state index contributed by atoms with van der Waals surface area (Å²) in [4.78, 5) is 13.9. The topological polar surface area (TPSA) is 72.8 Å². The molecule has 0 spiro atoms. The molecule has 5 heteroatoms. The Balaban J connectivity index is 1.81. The number of carbonyl (C=O) groups excluding carboxylic acids is 1. The first kappa shape index (κ1) is 13.8. The molecule has 104 valence electrons. The Bertz CT molecular complexity index is 282. The van der Waals surface area contributed by atoms with Gasteiger partial charge in [0, 0.05) is 19.1 Å². The minimum atomic E-state index is -0.727. The van der Waals surface area contributed by atoms with Crippen LogP contribution in [0.25, 0.3) is 0 Å². The molecule has 2 aliphatic rings. The number of hydrogen-bond acceptors (Lipinski definition) is 4. The molecule has 5 nitrogen and oxygen atoms in total. The second-order valence-corrected chi connectivity index (χ2v) is 5.61. The van der Waals surface area contributed by atoms with Crippen molar-refractivity contribution in [2.75, 3.05) is 13.1 Å². The van der Waals surface area contributed by atoms with E-state index in [-0.39, 0.29) is 11.9 Å². The van der Waals surface area contributed by atoms with Gasteiger partial charge < -0.3 is 15.5 Å². The second kappa shape index (κ2) is 5.99. The average molecular weight is 256 g/mol. The Labute approximate surface area is 108 Å². The molecule has 2 rings (SSSR count). The Hall–Kier alpha value is -0.650. The summed E-state index contributed by atoms with van der Waals surface area (Å²) < 4.78 is 0. The fraction of sp³-hybridized carbons (Fsp3) is 0.923. The summed E-state index contributed by atoms with van der Waals surface area (Å²) in [6, 6.07) is 0.0323. The third-order valence-corrected chi connectivity index (χ3v) is 4.17. The molecule has 0 aromatic carbocycles. The lowest BCUT2D eigenvalue weighted by atomic mass is 9.95. The lowest BCUT2D eigenvalue weighted by Crippen LogP contribution is -2.48. The predicted octanol–water partition coefficient (Wildman–Crippen LogP) is -0.139. The van der Waals surface area contributed by atoms with Crippen molar-refractivity contribution in [1.82, 2.24) is 10.2 Å². The molecule has 1 aliphatic carbocycles. The van der Waals surface area contributed by atoms with E-state index in [9.17, 15) is 15.0 Å². The van der Waals surface area contributed by atoms with Gasteiger partial charge in [-0.05, 0) is 19.8 Å². The minimum Gasteiger partial charge on any atom is -0.389 e. The number of likely N-dealkylation sites (tertiary alicyclic amines) is 1. The Morgan fingerprint density at radius 1 is 1.17 bits per heavy atom. The first-order valence-electron chi connectivity index (χ1n) is 6.98. The van der Waals surface area contributed by atoms with Crippen LogP contribution in [0.1, 0.15) is 39.0 Å². The number of aliphatic hydroxyl groups excluding tert-OH is 2. The monoisotopic (exact) mass is 256 g/mol. The van der Waals surface area contributed by atoms with Crippen LogP contribution >= 0.6 is 0 Å². The maximum Gasteiger partial charge on any atom is 0.237 e. The quantitative estimate of drug-likeness (QED) is 0.657. The summed E-state index contributed by atoms with van der Waals surface area (Å²) in [5.74, 6) is 0.0169. The number of amides is 1. The number of carbonyl (C=O) groups is 1. The number of β-amino-alcohol motifs (C(OH)–C–C–N with tert-alkyl or cyclic N) is 2.